The van der Waals surface area contributed by atoms with E-state index < -0.39 is 0 Å². The first-order valence-corrected chi connectivity index (χ1v) is 7.15. The lowest BCUT2D eigenvalue weighted by atomic mass is 10.0. The topological polar surface area (TPSA) is 45.0 Å². The van der Waals surface area contributed by atoms with E-state index in [1.165, 1.54) is 38.5 Å². The van der Waals surface area contributed by atoms with E-state index in [0.717, 1.165) is 23.9 Å². The van der Waals surface area contributed by atoms with Gasteiger partial charge in [-0.1, -0.05) is 25.7 Å². The van der Waals surface area contributed by atoms with Crippen molar-refractivity contribution in [2.45, 2.75) is 38.5 Å². The van der Waals surface area contributed by atoms with Gasteiger partial charge in [-0.15, -0.1) is 0 Å². The molecule has 1 N–H and O–H groups in total. The summed E-state index contributed by atoms with van der Waals surface area (Å²) in [6, 6.07) is 7.73. The maximum Gasteiger partial charge on any atom is 0.121 e. The number of benzene rings is 1. The van der Waals surface area contributed by atoms with Crippen LogP contribution in [0.3, 0.4) is 0 Å². The molecular weight excluding hydrogens is 236 g/mol. The van der Waals surface area contributed by atoms with Crippen LogP contribution in [-0.4, -0.2) is 13.7 Å². The molecule has 3 nitrogen and oxygen atoms in total. The van der Waals surface area contributed by atoms with E-state index in [1.807, 2.05) is 12.1 Å². The van der Waals surface area contributed by atoms with Gasteiger partial charge in [-0.05, 0) is 30.9 Å². The maximum atomic E-state index is 9.08. The number of rotatable bonds is 6. The van der Waals surface area contributed by atoms with Crippen LogP contribution in [0.15, 0.2) is 18.2 Å². The zero-order valence-corrected chi connectivity index (χ0v) is 11.6. The van der Waals surface area contributed by atoms with E-state index in [4.69, 9.17) is 10.00 Å². The highest BCUT2D eigenvalue weighted by Gasteiger charge is 2.14. The van der Waals surface area contributed by atoms with Crippen LogP contribution in [0, 0.1) is 17.2 Å². The largest absolute Gasteiger partial charge is 0.497 e. The molecule has 0 unspecified atom stereocenters. The minimum atomic E-state index is 0.682. The summed E-state index contributed by atoms with van der Waals surface area (Å²) in [4.78, 5) is 0. The van der Waals surface area contributed by atoms with Gasteiger partial charge in [0.25, 0.3) is 0 Å². The highest BCUT2D eigenvalue weighted by molar-refractivity contribution is 5.60. The fourth-order valence-electron chi connectivity index (χ4n) is 2.81. The molecular formula is C16H22N2O. The van der Waals surface area contributed by atoms with Gasteiger partial charge in [-0.2, -0.15) is 5.26 Å². The van der Waals surface area contributed by atoms with Gasteiger partial charge in [0, 0.05) is 12.6 Å². The Bertz CT molecular complexity index is 445. The highest BCUT2D eigenvalue weighted by Crippen LogP contribution is 2.28. The number of methoxy groups -OCH3 is 1. The molecule has 1 saturated carbocycles. The molecule has 0 aromatic heterocycles. The summed E-state index contributed by atoms with van der Waals surface area (Å²) in [6.07, 6.45) is 8.11. The van der Waals surface area contributed by atoms with E-state index in [9.17, 15) is 0 Å². The quantitative estimate of drug-likeness (QED) is 0.786. The number of hydrogen-bond donors (Lipinski definition) is 1. The minimum absolute atomic E-state index is 0.682. The monoisotopic (exact) mass is 258 g/mol. The van der Waals surface area contributed by atoms with Crippen LogP contribution >= 0.6 is 0 Å². The highest BCUT2D eigenvalue weighted by atomic mass is 16.5. The molecule has 0 bridgehead atoms. The number of anilines is 1. The molecule has 1 aromatic rings. The lowest BCUT2D eigenvalue weighted by Crippen LogP contribution is -2.05. The number of nitrogens with one attached hydrogen (secondary N) is 1. The van der Waals surface area contributed by atoms with Crippen LogP contribution in [0.1, 0.15) is 44.1 Å². The average molecular weight is 258 g/mol. The molecule has 102 valence electrons. The summed E-state index contributed by atoms with van der Waals surface area (Å²) in [5.41, 5.74) is 1.56. The molecule has 0 spiro atoms. The number of nitriles is 1. The molecule has 0 heterocycles. The van der Waals surface area contributed by atoms with Gasteiger partial charge < -0.3 is 10.1 Å². The molecule has 0 atom stereocenters. The summed E-state index contributed by atoms with van der Waals surface area (Å²) < 4.78 is 5.19. The fourth-order valence-corrected chi connectivity index (χ4v) is 2.81. The van der Waals surface area contributed by atoms with E-state index in [0.29, 0.717) is 5.56 Å². The van der Waals surface area contributed by atoms with Crippen LogP contribution in [-0.2, 0) is 0 Å². The molecule has 0 aliphatic heterocycles. The van der Waals surface area contributed by atoms with Gasteiger partial charge in [0.15, 0.2) is 0 Å². The minimum Gasteiger partial charge on any atom is -0.497 e. The van der Waals surface area contributed by atoms with Gasteiger partial charge in [0.2, 0.25) is 0 Å². The predicted molar refractivity (Wildman–Crippen MR) is 77.4 cm³/mol. The zero-order valence-electron chi connectivity index (χ0n) is 11.6. The summed E-state index contributed by atoms with van der Waals surface area (Å²) in [6.45, 7) is 0.929. The Labute approximate surface area is 115 Å². The van der Waals surface area contributed by atoms with Crippen molar-refractivity contribution >= 4 is 5.69 Å². The van der Waals surface area contributed by atoms with Crippen molar-refractivity contribution < 1.29 is 4.74 Å². The molecule has 1 fully saturated rings. The Hall–Kier alpha value is -1.69. The molecule has 19 heavy (non-hydrogen) atoms. The Morgan fingerprint density at radius 1 is 1.37 bits per heavy atom. The van der Waals surface area contributed by atoms with Crippen molar-refractivity contribution in [1.82, 2.24) is 0 Å². The number of nitrogens with zero attached hydrogens (tertiary/aromatic N) is 1. The first-order chi connectivity index (χ1) is 9.33. The third-order valence-corrected chi connectivity index (χ3v) is 3.93. The van der Waals surface area contributed by atoms with Gasteiger partial charge in [-0.3, -0.25) is 0 Å². The Morgan fingerprint density at radius 2 is 2.16 bits per heavy atom. The predicted octanol–water partition coefficient (Wildman–Crippen LogP) is 3.95. The van der Waals surface area contributed by atoms with Crippen molar-refractivity contribution in [1.29, 1.82) is 5.26 Å². The zero-order chi connectivity index (χ0) is 13.5. The molecule has 0 radical (unpaired) electrons. The SMILES string of the molecule is COc1ccc(C#N)c(NCCCC2CCCC2)c1. The number of hydrogen-bond acceptors (Lipinski definition) is 3. The third-order valence-electron chi connectivity index (χ3n) is 3.93. The van der Waals surface area contributed by atoms with Crippen molar-refractivity contribution in [3.63, 3.8) is 0 Å². The normalized spacial score (nSPS) is 15.2. The molecule has 3 heteroatoms. The van der Waals surface area contributed by atoms with Gasteiger partial charge >= 0.3 is 0 Å². The first kappa shape index (κ1) is 13.7. The van der Waals surface area contributed by atoms with E-state index in [1.54, 1.807) is 13.2 Å². The van der Waals surface area contributed by atoms with Crippen molar-refractivity contribution in [3.05, 3.63) is 23.8 Å². The standard InChI is InChI=1S/C16H22N2O/c1-19-15-9-8-14(12-17)16(11-15)18-10-4-7-13-5-2-3-6-13/h8-9,11,13,18H,2-7,10H2,1H3. The van der Waals surface area contributed by atoms with Crippen molar-refractivity contribution in [2.24, 2.45) is 5.92 Å². The lowest BCUT2D eigenvalue weighted by molar-refractivity contribution is 0.415. The van der Waals surface area contributed by atoms with Crippen molar-refractivity contribution in [3.8, 4) is 11.8 Å². The molecule has 0 amide bonds. The van der Waals surface area contributed by atoms with Gasteiger partial charge in [0.1, 0.15) is 11.8 Å². The average Bonchev–Trinajstić information content (AvgIpc) is 2.96. The maximum absolute atomic E-state index is 9.08. The van der Waals surface area contributed by atoms with Crippen LogP contribution < -0.4 is 10.1 Å². The van der Waals surface area contributed by atoms with E-state index in [-0.39, 0.29) is 0 Å². The Balaban J connectivity index is 1.82. The summed E-state index contributed by atoms with van der Waals surface area (Å²) >= 11 is 0. The van der Waals surface area contributed by atoms with Crippen LogP contribution in [0.25, 0.3) is 0 Å². The smallest absolute Gasteiger partial charge is 0.121 e. The second-order valence-electron chi connectivity index (χ2n) is 5.24. The summed E-state index contributed by atoms with van der Waals surface area (Å²) in [7, 11) is 1.64. The third kappa shape index (κ3) is 3.89. The Kier molecular flexibility index (Phi) is 5.09. The Morgan fingerprint density at radius 3 is 2.84 bits per heavy atom. The molecule has 1 aliphatic rings. The summed E-state index contributed by atoms with van der Waals surface area (Å²) in [5.74, 6) is 1.72. The first-order valence-electron chi connectivity index (χ1n) is 7.15. The second-order valence-corrected chi connectivity index (χ2v) is 5.24. The van der Waals surface area contributed by atoms with E-state index in [2.05, 4.69) is 11.4 Å². The van der Waals surface area contributed by atoms with Crippen molar-refractivity contribution in [2.75, 3.05) is 19.0 Å². The second kappa shape index (κ2) is 7.04. The van der Waals surface area contributed by atoms with Gasteiger partial charge in [-0.25, -0.2) is 0 Å². The molecule has 1 aliphatic carbocycles. The van der Waals surface area contributed by atoms with Gasteiger partial charge in [0.05, 0.1) is 18.4 Å². The van der Waals surface area contributed by atoms with Crippen LogP contribution in [0.5, 0.6) is 5.75 Å². The molecule has 0 saturated heterocycles. The molecule has 2 rings (SSSR count). The van der Waals surface area contributed by atoms with Crippen LogP contribution in [0.4, 0.5) is 5.69 Å². The fraction of sp³-hybridized carbons (Fsp3) is 0.562. The number of ether oxygens (including phenoxy) is 1. The molecule has 1 aromatic carbocycles. The lowest BCUT2D eigenvalue weighted by Gasteiger charge is -2.12. The van der Waals surface area contributed by atoms with E-state index >= 15 is 0 Å². The van der Waals surface area contributed by atoms with Crippen LogP contribution in [0.2, 0.25) is 0 Å². The summed E-state index contributed by atoms with van der Waals surface area (Å²) in [5, 5.41) is 12.4.